The van der Waals surface area contributed by atoms with E-state index in [1.807, 2.05) is 0 Å². The van der Waals surface area contributed by atoms with E-state index >= 15 is 0 Å². The topological polar surface area (TPSA) is 87.7 Å². The summed E-state index contributed by atoms with van der Waals surface area (Å²) in [4.78, 5) is 22.0. The van der Waals surface area contributed by atoms with E-state index in [0.717, 1.165) is 6.42 Å². The van der Waals surface area contributed by atoms with Crippen molar-refractivity contribution in [3.63, 3.8) is 0 Å². The molecule has 0 saturated carbocycles. The van der Waals surface area contributed by atoms with Gasteiger partial charge >= 0.3 is 12.0 Å². The second-order valence-electron chi connectivity index (χ2n) is 3.77. The van der Waals surface area contributed by atoms with E-state index in [2.05, 4.69) is 17.2 Å². The van der Waals surface area contributed by atoms with Crippen LogP contribution in [0.2, 0.25) is 0 Å². The second kappa shape index (κ2) is 10.6. The molecule has 0 rings (SSSR count). The zero-order valence-corrected chi connectivity index (χ0v) is 10.8. The summed E-state index contributed by atoms with van der Waals surface area (Å²) in [6, 6.07) is -0.373. The molecular formula is C12H22N2O4. The summed E-state index contributed by atoms with van der Waals surface area (Å²) in [6.07, 6.45) is 3.03. The van der Waals surface area contributed by atoms with E-state index in [-0.39, 0.29) is 12.6 Å². The van der Waals surface area contributed by atoms with E-state index in [0.29, 0.717) is 26.2 Å². The number of nitrogens with one attached hydrogen (secondary N) is 2. The van der Waals surface area contributed by atoms with E-state index in [1.165, 1.54) is 0 Å². The Morgan fingerprint density at radius 1 is 1.39 bits per heavy atom. The lowest BCUT2D eigenvalue weighted by Crippen LogP contribution is -2.41. The molecular weight excluding hydrogens is 236 g/mol. The molecule has 0 aliphatic rings. The largest absolute Gasteiger partial charge is 0.481 e. The molecule has 0 aliphatic carbocycles. The summed E-state index contributed by atoms with van der Waals surface area (Å²) >= 11 is 0. The summed E-state index contributed by atoms with van der Waals surface area (Å²) in [6.45, 7) is 6.88. The quantitative estimate of drug-likeness (QED) is 0.403. The molecule has 0 aromatic rings. The van der Waals surface area contributed by atoms with E-state index in [9.17, 15) is 9.59 Å². The Balaban J connectivity index is 3.53. The number of carbonyl (C=O) groups is 2. The van der Waals surface area contributed by atoms with E-state index in [4.69, 9.17) is 9.84 Å². The number of hydrogen-bond donors (Lipinski definition) is 3. The van der Waals surface area contributed by atoms with Gasteiger partial charge in [0.2, 0.25) is 0 Å². The molecule has 0 bridgehead atoms. The predicted octanol–water partition coefficient (Wildman–Crippen LogP) is 0.989. The summed E-state index contributed by atoms with van der Waals surface area (Å²) < 4.78 is 5.20. The van der Waals surface area contributed by atoms with Gasteiger partial charge in [-0.1, -0.05) is 13.0 Å². The zero-order valence-electron chi connectivity index (χ0n) is 10.8. The molecule has 0 spiro atoms. The normalized spacial score (nSPS) is 11.6. The van der Waals surface area contributed by atoms with Gasteiger partial charge in [-0.25, -0.2) is 4.79 Å². The maximum Gasteiger partial charge on any atom is 0.314 e. The molecule has 0 aliphatic heterocycles. The lowest BCUT2D eigenvalue weighted by molar-refractivity contribution is -0.141. The Hall–Kier alpha value is -1.56. The van der Waals surface area contributed by atoms with Gasteiger partial charge in [0.15, 0.2) is 0 Å². The van der Waals surface area contributed by atoms with Crippen LogP contribution in [-0.2, 0) is 9.53 Å². The van der Waals surface area contributed by atoms with Gasteiger partial charge < -0.3 is 20.5 Å². The van der Waals surface area contributed by atoms with Crippen molar-refractivity contribution < 1.29 is 19.4 Å². The van der Waals surface area contributed by atoms with Gasteiger partial charge in [-0.15, -0.1) is 6.58 Å². The van der Waals surface area contributed by atoms with Crippen LogP contribution in [0.4, 0.5) is 4.79 Å². The van der Waals surface area contributed by atoms with Crippen LogP contribution in [0.25, 0.3) is 0 Å². The Labute approximate surface area is 107 Å². The first-order valence-corrected chi connectivity index (χ1v) is 6.05. The monoisotopic (exact) mass is 258 g/mol. The van der Waals surface area contributed by atoms with Crippen molar-refractivity contribution in [2.45, 2.75) is 19.8 Å². The molecule has 1 atom stereocenters. The van der Waals surface area contributed by atoms with Gasteiger partial charge in [0, 0.05) is 13.1 Å². The Kier molecular flexibility index (Phi) is 9.67. The molecule has 0 fully saturated rings. The zero-order chi connectivity index (χ0) is 13.8. The number of rotatable bonds is 10. The predicted molar refractivity (Wildman–Crippen MR) is 68.5 cm³/mol. The van der Waals surface area contributed by atoms with Gasteiger partial charge in [0.1, 0.15) is 0 Å². The first kappa shape index (κ1) is 16.4. The summed E-state index contributed by atoms with van der Waals surface area (Å²) in [5, 5.41) is 13.9. The number of carboxylic acids is 1. The van der Waals surface area contributed by atoms with Gasteiger partial charge in [0.25, 0.3) is 0 Å². The molecule has 0 heterocycles. The molecule has 6 nitrogen and oxygen atoms in total. The maximum atomic E-state index is 11.3. The van der Waals surface area contributed by atoms with Gasteiger partial charge in [0.05, 0.1) is 19.1 Å². The SMILES string of the molecule is C=CCCOCCNC(=O)NCC(CC)C(=O)O. The smallest absolute Gasteiger partial charge is 0.314 e. The van der Waals surface area contributed by atoms with Gasteiger partial charge in [-0.05, 0) is 12.8 Å². The highest BCUT2D eigenvalue weighted by Gasteiger charge is 2.15. The first-order chi connectivity index (χ1) is 8.61. The van der Waals surface area contributed by atoms with Crippen LogP contribution in [0.3, 0.4) is 0 Å². The van der Waals surface area contributed by atoms with Crippen LogP contribution in [0, 0.1) is 5.92 Å². The van der Waals surface area contributed by atoms with Crippen molar-refractivity contribution >= 4 is 12.0 Å². The fraction of sp³-hybridized carbons (Fsp3) is 0.667. The number of amides is 2. The number of urea groups is 1. The number of carbonyl (C=O) groups excluding carboxylic acids is 1. The lowest BCUT2D eigenvalue weighted by Gasteiger charge is -2.12. The average Bonchev–Trinajstić information content (AvgIpc) is 2.34. The number of aliphatic carboxylic acids is 1. The van der Waals surface area contributed by atoms with Crippen LogP contribution in [-0.4, -0.2) is 43.4 Å². The average molecular weight is 258 g/mol. The van der Waals surface area contributed by atoms with Crippen LogP contribution in [0.15, 0.2) is 12.7 Å². The molecule has 0 radical (unpaired) electrons. The van der Waals surface area contributed by atoms with E-state index in [1.54, 1.807) is 13.0 Å². The van der Waals surface area contributed by atoms with Crippen LogP contribution in [0.5, 0.6) is 0 Å². The van der Waals surface area contributed by atoms with Crippen LogP contribution in [0.1, 0.15) is 19.8 Å². The molecule has 0 aromatic carbocycles. The minimum atomic E-state index is -0.898. The molecule has 1 unspecified atom stereocenters. The second-order valence-corrected chi connectivity index (χ2v) is 3.77. The van der Waals surface area contributed by atoms with Gasteiger partial charge in [-0.3, -0.25) is 4.79 Å². The molecule has 3 N–H and O–H groups in total. The fourth-order valence-electron chi connectivity index (χ4n) is 1.19. The van der Waals surface area contributed by atoms with Gasteiger partial charge in [-0.2, -0.15) is 0 Å². The third-order valence-electron chi connectivity index (χ3n) is 2.35. The van der Waals surface area contributed by atoms with Crippen molar-refractivity contribution in [3.8, 4) is 0 Å². The van der Waals surface area contributed by atoms with Crippen LogP contribution < -0.4 is 10.6 Å². The minimum Gasteiger partial charge on any atom is -0.481 e. The van der Waals surface area contributed by atoms with Crippen molar-refractivity contribution in [2.24, 2.45) is 5.92 Å². The summed E-state index contributed by atoms with van der Waals surface area (Å²) in [5.74, 6) is -1.44. The molecule has 2 amide bonds. The fourth-order valence-corrected chi connectivity index (χ4v) is 1.19. The highest BCUT2D eigenvalue weighted by molar-refractivity contribution is 5.75. The highest BCUT2D eigenvalue weighted by Crippen LogP contribution is 1.99. The number of hydrogen-bond acceptors (Lipinski definition) is 3. The van der Waals surface area contributed by atoms with Crippen molar-refractivity contribution in [2.75, 3.05) is 26.3 Å². The molecule has 104 valence electrons. The summed E-state index contributed by atoms with van der Waals surface area (Å²) in [7, 11) is 0. The minimum absolute atomic E-state index is 0.134. The van der Waals surface area contributed by atoms with E-state index < -0.39 is 11.9 Å². The lowest BCUT2D eigenvalue weighted by atomic mass is 10.1. The van der Waals surface area contributed by atoms with Crippen molar-refractivity contribution in [1.29, 1.82) is 0 Å². The van der Waals surface area contributed by atoms with Crippen LogP contribution >= 0.6 is 0 Å². The number of ether oxygens (including phenoxy) is 1. The standard InChI is InChI=1S/C12H22N2O4/c1-3-5-7-18-8-6-13-12(17)14-9-10(4-2)11(15)16/h3,10H,1,4-9H2,2H3,(H,15,16)(H2,13,14,17). The highest BCUT2D eigenvalue weighted by atomic mass is 16.5. The molecule has 18 heavy (non-hydrogen) atoms. The Morgan fingerprint density at radius 3 is 2.67 bits per heavy atom. The van der Waals surface area contributed by atoms with Crippen molar-refractivity contribution in [1.82, 2.24) is 10.6 Å². The molecule has 0 saturated heterocycles. The molecule has 6 heteroatoms. The maximum absolute atomic E-state index is 11.3. The summed E-state index contributed by atoms with van der Waals surface area (Å²) in [5.41, 5.74) is 0. The third kappa shape index (κ3) is 8.58. The van der Waals surface area contributed by atoms with Crippen molar-refractivity contribution in [3.05, 3.63) is 12.7 Å². The Bertz CT molecular complexity index is 269. The first-order valence-electron chi connectivity index (χ1n) is 6.05. The Morgan fingerprint density at radius 2 is 2.11 bits per heavy atom. The third-order valence-corrected chi connectivity index (χ3v) is 2.35. The molecule has 0 aromatic heterocycles. The number of carboxylic acid groups (broad SMARTS) is 1.